The molecule has 0 amide bonds. The summed E-state index contributed by atoms with van der Waals surface area (Å²) in [5.41, 5.74) is 2.73. The molecule has 94 valence electrons. The lowest BCUT2D eigenvalue weighted by atomic mass is 10.1. The topological polar surface area (TPSA) is 56.6 Å². The number of aliphatic hydroxyl groups excluding tert-OH is 2. The molecule has 0 aliphatic heterocycles. The zero-order valence-electron chi connectivity index (χ0n) is 10.5. The van der Waals surface area contributed by atoms with Crippen LogP contribution in [0.15, 0.2) is 18.7 Å². The van der Waals surface area contributed by atoms with Gasteiger partial charge in [-0.05, 0) is 25.5 Å². The van der Waals surface area contributed by atoms with E-state index in [1.807, 2.05) is 24.8 Å². The minimum Gasteiger partial charge on any atom is -0.395 e. The minimum absolute atomic E-state index is 0.0481. The van der Waals surface area contributed by atoms with Crippen molar-refractivity contribution in [2.75, 3.05) is 24.6 Å². The van der Waals surface area contributed by atoms with Gasteiger partial charge in [0.2, 0.25) is 0 Å². The number of anilines is 1. The second-order valence-corrected chi connectivity index (χ2v) is 4.00. The van der Waals surface area contributed by atoms with Crippen LogP contribution in [-0.4, -0.2) is 34.9 Å². The maximum absolute atomic E-state index is 9.42. The SMILES string of the molecule is C=CCN(CCO)c1nc(C)cc(C)c1CO. The lowest BCUT2D eigenvalue weighted by Gasteiger charge is -2.24. The average molecular weight is 236 g/mol. The Labute approximate surface area is 102 Å². The standard InChI is InChI=1S/C13H20N2O2/c1-4-5-15(6-7-16)13-12(9-17)10(2)8-11(3)14-13/h4,8,16-17H,1,5-7,9H2,2-3H3. The molecule has 0 fully saturated rings. The Morgan fingerprint density at radius 2 is 2.12 bits per heavy atom. The maximum atomic E-state index is 9.42. The minimum atomic E-state index is -0.0481. The molecule has 0 aromatic carbocycles. The summed E-state index contributed by atoms with van der Waals surface area (Å²) in [6.45, 7) is 8.65. The third-order valence-electron chi connectivity index (χ3n) is 2.63. The van der Waals surface area contributed by atoms with Gasteiger partial charge in [0.05, 0.1) is 13.2 Å². The summed E-state index contributed by atoms with van der Waals surface area (Å²) in [7, 11) is 0. The van der Waals surface area contributed by atoms with Crippen LogP contribution >= 0.6 is 0 Å². The molecule has 1 aromatic rings. The fourth-order valence-corrected chi connectivity index (χ4v) is 1.86. The first-order chi connectivity index (χ1) is 8.13. The highest BCUT2D eigenvalue weighted by molar-refractivity contribution is 5.51. The van der Waals surface area contributed by atoms with E-state index < -0.39 is 0 Å². The fraction of sp³-hybridized carbons (Fsp3) is 0.462. The van der Waals surface area contributed by atoms with Crippen molar-refractivity contribution in [3.8, 4) is 0 Å². The molecule has 1 rings (SSSR count). The van der Waals surface area contributed by atoms with Gasteiger partial charge in [0, 0.05) is 24.3 Å². The highest BCUT2D eigenvalue weighted by atomic mass is 16.3. The highest BCUT2D eigenvalue weighted by Gasteiger charge is 2.13. The zero-order valence-corrected chi connectivity index (χ0v) is 10.5. The van der Waals surface area contributed by atoms with Gasteiger partial charge >= 0.3 is 0 Å². The van der Waals surface area contributed by atoms with Gasteiger partial charge in [-0.2, -0.15) is 0 Å². The molecular weight excluding hydrogens is 216 g/mol. The summed E-state index contributed by atoms with van der Waals surface area (Å²) >= 11 is 0. The summed E-state index contributed by atoms with van der Waals surface area (Å²) in [5.74, 6) is 0.735. The smallest absolute Gasteiger partial charge is 0.134 e. The van der Waals surface area contributed by atoms with E-state index in [4.69, 9.17) is 5.11 Å². The van der Waals surface area contributed by atoms with Gasteiger partial charge in [-0.25, -0.2) is 4.98 Å². The number of rotatable bonds is 6. The Bertz CT molecular complexity index is 391. The van der Waals surface area contributed by atoms with Crippen molar-refractivity contribution >= 4 is 5.82 Å². The summed E-state index contributed by atoms with van der Waals surface area (Å²) < 4.78 is 0. The number of hydrogen-bond donors (Lipinski definition) is 2. The van der Waals surface area contributed by atoms with Crippen molar-refractivity contribution in [1.29, 1.82) is 0 Å². The number of hydrogen-bond acceptors (Lipinski definition) is 4. The summed E-state index contributed by atoms with van der Waals surface area (Å²) in [4.78, 5) is 6.36. The maximum Gasteiger partial charge on any atom is 0.134 e. The molecule has 0 saturated carbocycles. The number of aliphatic hydroxyl groups is 2. The zero-order chi connectivity index (χ0) is 12.8. The Hall–Kier alpha value is -1.39. The molecule has 0 aliphatic carbocycles. The van der Waals surface area contributed by atoms with Crippen LogP contribution in [0.25, 0.3) is 0 Å². The number of aryl methyl sites for hydroxylation is 2. The van der Waals surface area contributed by atoms with Crippen LogP contribution in [-0.2, 0) is 6.61 Å². The molecule has 0 spiro atoms. The van der Waals surface area contributed by atoms with Crippen molar-refractivity contribution in [1.82, 2.24) is 4.98 Å². The van der Waals surface area contributed by atoms with E-state index in [1.54, 1.807) is 6.08 Å². The lowest BCUT2D eigenvalue weighted by Crippen LogP contribution is -2.29. The molecular formula is C13H20N2O2. The Morgan fingerprint density at radius 3 is 2.65 bits per heavy atom. The normalized spacial score (nSPS) is 10.4. The molecule has 1 heterocycles. The van der Waals surface area contributed by atoms with Crippen LogP contribution in [0, 0.1) is 13.8 Å². The van der Waals surface area contributed by atoms with E-state index in [1.165, 1.54) is 0 Å². The third-order valence-corrected chi connectivity index (χ3v) is 2.63. The first-order valence-corrected chi connectivity index (χ1v) is 5.68. The molecule has 1 aromatic heterocycles. The number of aromatic nitrogens is 1. The second kappa shape index (κ2) is 6.37. The Kier molecular flexibility index (Phi) is 5.12. The molecule has 0 radical (unpaired) electrons. The van der Waals surface area contributed by atoms with Crippen molar-refractivity contribution < 1.29 is 10.2 Å². The van der Waals surface area contributed by atoms with Crippen LogP contribution < -0.4 is 4.90 Å². The fourth-order valence-electron chi connectivity index (χ4n) is 1.86. The molecule has 0 atom stereocenters. The quantitative estimate of drug-likeness (QED) is 0.728. The monoisotopic (exact) mass is 236 g/mol. The van der Waals surface area contributed by atoms with E-state index >= 15 is 0 Å². The van der Waals surface area contributed by atoms with Crippen molar-refractivity contribution in [3.63, 3.8) is 0 Å². The molecule has 4 nitrogen and oxygen atoms in total. The van der Waals surface area contributed by atoms with E-state index in [2.05, 4.69) is 11.6 Å². The Balaban J connectivity index is 3.19. The van der Waals surface area contributed by atoms with Gasteiger partial charge in [0.1, 0.15) is 5.82 Å². The van der Waals surface area contributed by atoms with Crippen molar-refractivity contribution in [2.45, 2.75) is 20.5 Å². The molecule has 0 aliphatic rings. The van der Waals surface area contributed by atoms with Crippen LogP contribution in [0.2, 0.25) is 0 Å². The van der Waals surface area contributed by atoms with Crippen LogP contribution in [0.3, 0.4) is 0 Å². The van der Waals surface area contributed by atoms with Gasteiger partial charge in [-0.3, -0.25) is 0 Å². The molecule has 0 bridgehead atoms. The first-order valence-electron chi connectivity index (χ1n) is 5.68. The van der Waals surface area contributed by atoms with E-state index in [9.17, 15) is 5.11 Å². The van der Waals surface area contributed by atoms with Crippen LogP contribution in [0.4, 0.5) is 5.82 Å². The predicted octanol–water partition coefficient (Wildman–Crippen LogP) is 1.18. The lowest BCUT2D eigenvalue weighted by molar-refractivity contribution is 0.279. The first kappa shape index (κ1) is 13.7. The van der Waals surface area contributed by atoms with Crippen LogP contribution in [0.5, 0.6) is 0 Å². The van der Waals surface area contributed by atoms with E-state index in [0.717, 1.165) is 22.6 Å². The highest BCUT2D eigenvalue weighted by Crippen LogP contribution is 2.22. The largest absolute Gasteiger partial charge is 0.395 e. The van der Waals surface area contributed by atoms with E-state index in [-0.39, 0.29) is 13.2 Å². The van der Waals surface area contributed by atoms with Gasteiger partial charge in [0.25, 0.3) is 0 Å². The molecule has 0 saturated heterocycles. The Morgan fingerprint density at radius 1 is 1.41 bits per heavy atom. The third kappa shape index (κ3) is 3.28. The summed E-state index contributed by atoms with van der Waals surface area (Å²) in [6, 6.07) is 1.94. The molecule has 0 unspecified atom stereocenters. The van der Waals surface area contributed by atoms with Gasteiger partial charge < -0.3 is 15.1 Å². The summed E-state index contributed by atoms with van der Waals surface area (Å²) in [5, 5.41) is 18.5. The summed E-state index contributed by atoms with van der Waals surface area (Å²) in [6.07, 6.45) is 1.76. The van der Waals surface area contributed by atoms with Crippen molar-refractivity contribution in [3.05, 3.63) is 35.5 Å². The molecule has 4 heteroatoms. The average Bonchev–Trinajstić information content (AvgIpc) is 2.28. The van der Waals surface area contributed by atoms with E-state index in [0.29, 0.717) is 13.1 Å². The van der Waals surface area contributed by atoms with Gasteiger partial charge in [-0.15, -0.1) is 6.58 Å². The molecule has 17 heavy (non-hydrogen) atoms. The number of nitrogens with zero attached hydrogens (tertiary/aromatic N) is 2. The number of pyridine rings is 1. The second-order valence-electron chi connectivity index (χ2n) is 4.00. The van der Waals surface area contributed by atoms with Crippen molar-refractivity contribution in [2.24, 2.45) is 0 Å². The van der Waals surface area contributed by atoms with Crippen LogP contribution in [0.1, 0.15) is 16.8 Å². The molecule has 2 N–H and O–H groups in total. The predicted molar refractivity (Wildman–Crippen MR) is 69.1 cm³/mol. The van der Waals surface area contributed by atoms with Gasteiger partial charge in [-0.1, -0.05) is 6.08 Å². The van der Waals surface area contributed by atoms with Gasteiger partial charge in [0.15, 0.2) is 0 Å².